The maximum Gasteiger partial charge on any atom is 0.245 e. The summed E-state index contributed by atoms with van der Waals surface area (Å²) in [5, 5.41) is 0. The Bertz CT molecular complexity index is 103. The van der Waals surface area contributed by atoms with Crippen molar-refractivity contribution in [3.63, 3.8) is 0 Å². The molecule has 0 aromatic carbocycles. The van der Waals surface area contributed by atoms with E-state index in [1.807, 2.05) is 20.8 Å². The van der Waals surface area contributed by atoms with E-state index in [0.717, 1.165) is 6.92 Å². The van der Waals surface area contributed by atoms with Crippen molar-refractivity contribution in [3.05, 3.63) is 0 Å². The molecule has 1 atom stereocenters. The van der Waals surface area contributed by atoms with Gasteiger partial charge in [0.25, 0.3) is 0 Å². The van der Waals surface area contributed by atoms with Crippen molar-refractivity contribution in [2.24, 2.45) is 11.8 Å². The van der Waals surface area contributed by atoms with Crippen molar-refractivity contribution in [1.82, 2.24) is 0 Å². The van der Waals surface area contributed by atoms with Gasteiger partial charge in [0.15, 0.2) is 0 Å². The molecule has 0 fully saturated rings. The molecule has 0 saturated heterocycles. The second-order valence-corrected chi connectivity index (χ2v) is 3.83. The zero-order valence-corrected chi connectivity index (χ0v) is 9.82. The molecule has 0 unspecified atom stereocenters. The SMILES string of the molecule is CC.CC(C)[C@H](C)CCC(C)(F)F. The van der Waals surface area contributed by atoms with Gasteiger partial charge in [-0.15, -0.1) is 0 Å². The minimum Gasteiger partial charge on any atom is -0.207 e. The van der Waals surface area contributed by atoms with Crippen LogP contribution in [0.2, 0.25) is 0 Å². The summed E-state index contributed by atoms with van der Waals surface area (Å²) in [5.41, 5.74) is 0. The lowest BCUT2D eigenvalue weighted by Crippen LogP contribution is -2.13. The van der Waals surface area contributed by atoms with Gasteiger partial charge < -0.3 is 0 Å². The van der Waals surface area contributed by atoms with E-state index in [2.05, 4.69) is 13.8 Å². The predicted octanol–water partition coefficient (Wildman–Crippen LogP) is 4.74. The summed E-state index contributed by atoms with van der Waals surface area (Å²) in [6, 6.07) is 0. The van der Waals surface area contributed by atoms with Crippen LogP contribution in [0.4, 0.5) is 8.78 Å². The predicted molar refractivity (Wildman–Crippen MR) is 55.2 cm³/mol. The van der Waals surface area contributed by atoms with Crippen LogP contribution in [0.5, 0.6) is 0 Å². The first-order valence-corrected chi connectivity index (χ1v) is 5.21. The molecule has 0 aromatic heterocycles. The minimum atomic E-state index is -2.48. The van der Waals surface area contributed by atoms with E-state index in [1.165, 1.54) is 0 Å². The lowest BCUT2D eigenvalue weighted by molar-refractivity contribution is 0.00561. The quantitative estimate of drug-likeness (QED) is 0.606. The van der Waals surface area contributed by atoms with E-state index in [-0.39, 0.29) is 6.42 Å². The monoisotopic (exact) mass is 194 g/mol. The molecular weight excluding hydrogens is 170 g/mol. The maximum atomic E-state index is 12.3. The first-order valence-electron chi connectivity index (χ1n) is 5.21. The highest BCUT2D eigenvalue weighted by Crippen LogP contribution is 2.24. The molecule has 0 amide bonds. The first-order chi connectivity index (χ1) is 5.83. The van der Waals surface area contributed by atoms with E-state index < -0.39 is 5.92 Å². The molecule has 0 radical (unpaired) electrons. The van der Waals surface area contributed by atoms with E-state index in [0.29, 0.717) is 18.3 Å². The van der Waals surface area contributed by atoms with Gasteiger partial charge >= 0.3 is 0 Å². The molecule has 0 aliphatic rings. The summed E-state index contributed by atoms with van der Waals surface area (Å²) in [6.07, 6.45) is 0.646. The Morgan fingerprint density at radius 3 is 1.69 bits per heavy atom. The van der Waals surface area contributed by atoms with Crippen LogP contribution < -0.4 is 0 Å². The molecule has 0 aromatic rings. The standard InChI is InChI=1S/C9H18F2.C2H6/c1-7(2)8(3)5-6-9(4,10)11;1-2/h7-8H,5-6H2,1-4H3;1-2H3/t8-;/m1./s1. The van der Waals surface area contributed by atoms with Gasteiger partial charge in [0.2, 0.25) is 5.92 Å². The summed E-state index contributed by atoms with van der Waals surface area (Å²) in [5.74, 6) is -1.57. The first kappa shape index (κ1) is 15.3. The largest absolute Gasteiger partial charge is 0.245 e. The van der Waals surface area contributed by atoms with Crippen molar-refractivity contribution in [1.29, 1.82) is 0 Å². The van der Waals surface area contributed by atoms with E-state index in [4.69, 9.17) is 0 Å². The molecular formula is C11H24F2. The number of rotatable bonds is 4. The van der Waals surface area contributed by atoms with Gasteiger partial charge in [-0.3, -0.25) is 0 Å². The highest BCUT2D eigenvalue weighted by atomic mass is 19.3. The molecule has 0 N–H and O–H groups in total. The van der Waals surface area contributed by atoms with Gasteiger partial charge in [0, 0.05) is 6.42 Å². The number of hydrogen-bond acceptors (Lipinski definition) is 0. The molecule has 0 rings (SSSR count). The highest BCUT2D eigenvalue weighted by Gasteiger charge is 2.22. The summed E-state index contributed by atoms with van der Waals surface area (Å²) >= 11 is 0. The Labute approximate surface area is 81.7 Å². The smallest absolute Gasteiger partial charge is 0.207 e. The average Bonchev–Trinajstić information content (AvgIpc) is 2.02. The van der Waals surface area contributed by atoms with Crippen LogP contribution in [0.15, 0.2) is 0 Å². The third kappa shape index (κ3) is 11.9. The van der Waals surface area contributed by atoms with Gasteiger partial charge in [-0.2, -0.15) is 0 Å². The molecule has 82 valence electrons. The molecule has 0 bridgehead atoms. The zero-order chi connectivity index (χ0) is 11.1. The molecule has 2 heteroatoms. The molecule has 13 heavy (non-hydrogen) atoms. The van der Waals surface area contributed by atoms with Crippen molar-refractivity contribution in [2.75, 3.05) is 0 Å². The van der Waals surface area contributed by atoms with Gasteiger partial charge in [0.05, 0.1) is 0 Å². The Morgan fingerprint density at radius 2 is 1.46 bits per heavy atom. The van der Waals surface area contributed by atoms with E-state index in [1.54, 1.807) is 0 Å². The Kier molecular flexibility index (Phi) is 8.59. The van der Waals surface area contributed by atoms with Crippen LogP contribution >= 0.6 is 0 Å². The Hall–Kier alpha value is -0.140. The minimum absolute atomic E-state index is 0.0202. The highest BCUT2D eigenvalue weighted by molar-refractivity contribution is 4.63. The summed E-state index contributed by atoms with van der Waals surface area (Å²) in [7, 11) is 0. The molecule has 0 heterocycles. The second kappa shape index (κ2) is 7.28. The molecule has 0 nitrogen and oxygen atoms in total. The van der Waals surface area contributed by atoms with Crippen LogP contribution in [-0.2, 0) is 0 Å². The second-order valence-electron chi connectivity index (χ2n) is 3.83. The number of halogens is 2. The fraction of sp³-hybridized carbons (Fsp3) is 1.00. The third-order valence-corrected chi connectivity index (χ3v) is 2.18. The fourth-order valence-corrected chi connectivity index (χ4v) is 0.814. The van der Waals surface area contributed by atoms with Gasteiger partial charge in [-0.25, -0.2) is 8.78 Å². The molecule has 0 spiro atoms. The number of alkyl halides is 2. The van der Waals surface area contributed by atoms with E-state index in [9.17, 15) is 8.78 Å². The average molecular weight is 194 g/mol. The van der Waals surface area contributed by atoms with Crippen LogP contribution in [-0.4, -0.2) is 5.92 Å². The van der Waals surface area contributed by atoms with Crippen LogP contribution in [0.25, 0.3) is 0 Å². The lowest BCUT2D eigenvalue weighted by Gasteiger charge is -2.17. The van der Waals surface area contributed by atoms with Crippen molar-refractivity contribution >= 4 is 0 Å². The third-order valence-electron chi connectivity index (χ3n) is 2.18. The van der Waals surface area contributed by atoms with Crippen LogP contribution in [0.3, 0.4) is 0 Å². The Morgan fingerprint density at radius 1 is 1.08 bits per heavy atom. The van der Waals surface area contributed by atoms with Gasteiger partial charge in [-0.05, 0) is 25.2 Å². The van der Waals surface area contributed by atoms with Gasteiger partial charge in [-0.1, -0.05) is 34.6 Å². The molecule has 0 saturated carbocycles. The zero-order valence-electron chi connectivity index (χ0n) is 9.82. The summed E-state index contributed by atoms with van der Waals surface area (Å²) in [6.45, 7) is 11.1. The fourth-order valence-electron chi connectivity index (χ4n) is 0.814. The summed E-state index contributed by atoms with van der Waals surface area (Å²) < 4.78 is 24.7. The lowest BCUT2D eigenvalue weighted by atomic mass is 9.92. The molecule has 0 aliphatic heterocycles. The summed E-state index contributed by atoms with van der Waals surface area (Å²) in [4.78, 5) is 0. The van der Waals surface area contributed by atoms with Crippen LogP contribution in [0, 0.1) is 11.8 Å². The van der Waals surface area contributed by atoms with Crippen LogP contribution in [0.1, 0.15) is 54.4 Å². The van der Waals surface area contributed by atoms with Crippen molar-refractivity contribution < 1.29 is 8.78 Å². The Balaban J connectivity index is 0. The maximum absolute atomic E-state index is 12.3. The normalized spacial score (nSPS) is 13.6. The van der Waals surface area contributed by atoms with Crippen molar-refractivity contribution in [3.8, 4) is 0 Å². The molecule has 0 aliphatic carbocycles. The number of hydrogen-bond donors (Lipinski definition) is 0. The van der Waals surface area contributed by atoms with E-state index >= 15 is 0 Å². The van der Waals surface area contributed by atoms with Gasteiger partial charge in [0.1, 0.15) is 0 Å². The topological polar surface area (TPSA) is 0 Å². The van der Waals surface area contributed by atoms with Crippen molar-refractivity contribution in [2.45, 2.75) is 60.3 Å².